The third kappa shape index (κ3) is 2.03. The van der Waals surface area contributed by atoms with E-state index in [1.54, 1.807) is 0 Å². The average Bonchev–Trinajstić information content (AvgIpc) is 2.77. The summed E-state index contributed by atoms with van der Waals surface area (Å²) in [5, 5.41) is 3.03. The van der Waals surface area contributed by atoms with E-state index in [0.717, 1.165) is 26.1 Å². The highest BCUT2D eigenvalue weighted by molar-refractivity contribution is 5.69. The van der Waals surface area contributed by atoms with Crippen LogP contribution in [0.25, 0.3) is 0 Å². The number of hydrogen-bond acceptors (Lipinski definition) is 3. The monoisotopic (exact) mass is 227 g/mol. The van der Waals surface area contributed by atoms with Crippen molar-refractivity contribution >= 4 is 6.09 Å². The fourth-order valence-corrected chi connectivity index (χ4v) is 2.19. The van der Waals surface area contributed by atoms with Crippen molar-refractivity contribution in [1.82, 2.24) is 5.32 Å². The van der Waals surface area contributed by atoms with Gasteiger partial charge in [-0.3, -0.25) is 0 Å². The molecule has 0 radical (unpaired) electrons. The molecule has 0 aromatic carbocycles. The van der Waals surface area contributed by atoms with Crippen molar-refractivity contribution in [3.05, 3.63) is 0 Å². The van der Waals surface area contributed by atoms with Crippen LogP contribution in [-0.2, 0) is 9.47 Å². The van der Waals surface area contributed by atoms with Gasteiger partial charge in [0.1, 0.15) is 5.60 Å². The highest BCUT2D eigenvalue weighted by atomic mass is 16.6. The first kappa shape index (κ1) is 11.7. The molecule has 2 aliphatic rings. The molecule has 1 heterocycles. The first-order chi connectivity index (χ1) is 7.27. The number of carbonyl (C=O) groups is 1. The Labute approximate surface area is 96.7 Å². The molecule has 1 saturated heterocycles. The Kier molecular flexibility index (Phi) is 2.46. The summed E-state index contributed by atoms with van der Waals surface area (Å²) in [5.74, 6) is 0. The fraction of sp³-hybridized carbons (Fsp3) is 0.917. The zero-order valence-electron chi connectivity index (χ0n) is 10.6. The van der Waals surface area contributed by atoms with Gasteiger partial charge in [0, 0.05) is 5.41 Å². The molecule has 0 spiro atoms. The second-order valence-corrected chi connectivity index (χ2v) is 6.26. The van der Waals surface area contributed by atoms with Gasteiger partial charge in [0.15, 0.2) is 0 Å². The number of alkyl carbamates (subject to hydrolysis) is 1. The van der Waals surface area contributed by atoms with Crippen LogP contribution in [0.3, 0.4) is 0 Å². The summed E-state index contributed by atoms with van der Waals surface area (Å²) in [5.41, 5.74) is -0.408. The second kappa shape index (κ2) is 3.36. The molecule has 1 saturated carbocycles. The van der Waals surface area contributed by atoms with Crippen LogP contribution in [0, 0.1) is 5.41 Å². The molecule has 2 rings (SSSR count). The van der Waals surface area contributed by atoms with E-state index < -0.39 is 5.60 Å². The summed E-state index contributed by atoms with van der Waals surface area (Å²) >= 11 is 0. The van der Waals surface area contributed by atoms with E-state index in [0.29, 0.717) is 0 Å². The highest BCUT2D eigenvalue weighted by Crippen LogP contribution is 2.53. The third-order valence-electron chi connectivity index (χ3n) is 3.49. The minimum absolute atomic E-state index is 0.0758. The van der Waals surface area contributed by atoms with Crippen molar-refractivity contribution < 1.29 is 14.3 Å². The van der Waals surface area contributed by atoms with Crippen LogP contribution in [0.15, 0.2) is 0 Å². The van der Waals surface area contributed by atoms with Crippen molar-refractivity contribution in [1.29, 1.82) is 0 Å². The summed E-state index contributed by atoms with van der Waals surface area (Å²) < 4.78 is 10.5. The molecule has 0 atom stereocenters. The lowest BCUT2D eigenvalue weighted by molar-refractivity contribution is -0.127. The number of rotatable bonds is 2. The maximum absolute atomic E-state index is 11.7. The molecule has 4 nitrogen and oxygen atoms in total. The topological polar surface area (TPSA) is 47.6 Å². The Morgan fingerprint density at radius 1 is 1.31 bits per heavy atom. The minimum Gasteiger partial charge on any atom is -0.444 e. The zero-order chi connectivity index (χ0) is 12.0. The van der Waals surface area contributed by atoms with Gasteiger partial charge in [-0.1, -0.05) is 6.92 Å². The molecule has 1 N–H and O–H groups in total. The van der Waals surface area contributed by atoms with E-state index in [9.17, 15) is 4.79 Å². The van der Waals surface area contributed by atoms with Crippen LogP contribution in [0.5, 0.6) is 0 Å². The summed E-state index contributed by atoms with van der Waals surface area (Å²) in [6, 6.07) is 0. The van der Waals surface area contributed by atoms with Gasteiger partial charge in [0.05, 0.1) is 18.8 Å². The highest BCUT2D eigenvalue weighted by Gasteiger charge is 2.61. The lowest BCUT2D eigenvalue weighted by Gasteiger charge is -2.45. The molecular formula is C12H21NO3. The smallest absolute Gasteiger partial charge is 0.408 e. The second-order valence-electron chi connectivity index (χ2n) is 6.26. The molecule has 4 heteroatoms. The lowest BCUT2D eigenvalue weighted by Crippen LogP contribution is -2.59. The quantitative estimate of drug-likeness (QED) is 0.785. The summed E-state index contributed by atoms with van der Waals surface area (Å²) in [4.78, 5) is 11.7. The predicted octanol–water partition coefficient (Wildman–Crippen LogP) is 2.08. The number of ether oxygens (including phenoxy) is 2. The fourth-order valence-electron chi connectivity index (χ4n) is 2.19. The molecule has 0 bridgehead atoms. The maximum atomic E-state index is 11.7. The standard InChI is InChI=1S/C12H21NO3/c1-10(2,3)16-9(14)13-12(5-6-12)11(4)7-15-8-11/h5-8H2,1-4H3,(H,13,14). The van der Waals surface area contributed by atoms with E-state index in [4.69, 9.17) is 9.47 Å². The summed E-state index contributed by atoms with van der Waals surface area (Å²) in [6.07, 6.45) is 1.76. The molecule has 1 amide bonds. The maximum Gasteiger partial charge on any atom is 0.408 e. The molecule has 16 heavy (non-hydrogen) atoms. The Morgan fingerprint density at radius 3 is 2.19 bits per heavy atom. The Hall–Kier alpha value is -0.770. The van der Waals surface area contributed by atoms with Crippen molar-refractivity contribution in [2.75, 3.05) is 13.2 Å². The van der Waals surface area contributed by atoms with Gasteiger partial charge in [-0.2, -0.15) is 0 Å². The van der Waals surface area contributed by atoms with Gasteiger partial charge in [-0.25, -0.2) is 4.79 Å². The molecule has 0 unspecified atom stereocenters. The summed E-state index contributed by atoms with van der Waals surface area (Å²) in [7, 11) is 0. The zero-order valence-corrected chi connectivity index (χ0v) is 10.6. The minimum atomic E-state index is -0.433. The Bertz CT molecular complexity index is 298. The number of hydrogen-bond donors (Lipinski definition) is 1. The number of carbonyl (C=O) groups excluding carboxylic acids is 1. The molecular weight excluding hydrogens is 206 g/mol. The molecule has 2 fully saturated rings. The van der Waals surface area contributed by atoms with Gasteiger partial charge in [-0.05, 0) is 33.6 Å². The molecule has 1 aliphatic carbocycles. The third-order valence-corrected chi connectivity index (χ3v) is 3.49. The van der Waals surface area contributed by atoms with Gasteiger partial charge in [0.2, 0.25) is 0 Å². The summed E-state index contributed by atoms with van der Waals surface area (Å²) in [6.45, 7) is 9.27. The van der Waals surface area contributed by atoms with Crippen molar-refractivity contribution in [2.45, 2.75) is 51.7 Å². The lowest BCUT2D eigenvalue weighted by atomic mass is 9.78. The predicted molar refractivity (Wildman–Crippen MR) is 60.3 cm³/mol. The molecule has 1 aliphatic heterocycles. The average molecular weight is 227 g/mol. The Morgan fingerprint density at radius 2 is 1.88 bits per heavy atom. The van der Waals surface area contributed by atoms with Gasteiger partial charge in [-0.15, -0.1) is 0 Å². The number of amides is 1. The van der Waals surface area contributed by atoms with Crippen molar-refractivity contribution in [2.24, 2.45) is 5.41 Å². The van der Waals surface area contributed by atoms with Gasteiger partial charge < -0.3 is 14.8 Å². The van der Waals surface area contributed by atoms with Crippen LogP contribution in [0.1, 0.15) is 40.5 Å². The normalized spacial score (nSPS) is 25.5. The largest absolute Gasteiger partial charge is 0.444 e. The first-order valence-corrected chi connectivity index (χ1v) is 5.85. The van der Waals surface area contributed by atoms with E-state index in [-0.39, 0.29) is 17.0 Å². The van der Waals surface area contributed by atoms with Crippen LogP contribution >= 0.6 is 0 Å². The van der Waals surface area contributed by atoms with Crippen molar-refractivity contribution in [3.63, 3.8) is 0 Å². The van der Waals surface area contributed by atoms with E-state index in [1.165, 1.54) is 0 Å². The van der Waals surface area contributed by atoms with E-state index in [1.807, 2.05) is 20.8 Å². The van der Waals surface area contributed by atoms with Crippen LogP contribution in [0.2, 0.25) is 0 Å². The first-order valence-electron chi connectivity index (χ1n) is 5.85. The molecule has 92 valence electrons. The van der Waals surface area contributed by atoms with E-state index in [2.05, 4.69) is 12.2 Å². The molecule has 0 aromatic rings. The van der Waals surface area contributed by atoms with E-state index >= 15 is 0 Å². The van der Waals surface area contributed by atoms with Crippen molar-refractivity contribution in [3.8, 4) is 0 Å². The van der Waals surface area contributed by atoms with Gasteiger partial charge in [0.25, 0.3) is 0 Å². The van der Waals surface area contributed by atoms with Crippen LogP contribution in [-0.4, -0.2) is 30.4 Å². The number of nitrogens with one attached hydrogen (secondary N) is 1. The van der Waals surface area contributed by atoms with Gasteiger partial charge >= 0.3 is 6.09 Å². The molecule has 0 aromatic heterocycles. The van der Waals surface area contributed by atoms with Crippen LogP contribution in [0.4, 0.5) is 4.79 Å². The SMILES string of the molecule is CC(C)(C)OC(=O)NC1(C2(C)COC2)CC1. The van der Waals surface area contributed by atoms with Crippen LogP contribution < -0.4 is 5.32 Å². The Balaban J connectivity index is 1.92.